The molecular formula is C23H30N2O6S. The first-order chi connectivity index (χ1) is 15.3. The Kier molecular flexibility index (Phi) is 9.07. The predicted molar refractivity (Wildman–Crippen MR) is 124 cm³/mol. The number of carbonyl (C=O) groups is 3. The molecule has 0 bridgehead atoms. The maximum Gasteiger partial charge on any atom is 0.341 e. The molecule has 2 aromatic rings. The fourth-order valence-corrected chi connectivity index (χ4v) is 4.43. The van der Waals surface area contributed by atoms with Gasteiger partial charge in [0.05, 0.1) is 37.7 Å². The van der Waals surface area contributed by atoms with E-state index in [1.54, 1.807) is 36.9 Å². The van der Waals surface area contributed by atoms with E-state index in [-0.39, 0.29) is 30.4 Å². The first kappa shape index (κ1) is 25.2. The van der Waals surface area contributed by atoms with E-state index < -0.39 is 5.97 Å². The predicted octanol–water partition coefficient (Wildman–Crippen LogP) is 3.91. The van der Waals surface area contributed by atoms with E-state index in [0.29, 0.717) is 45.6 Å². The van der Waals surface area contributed by atoms with Crippen molar-refractivity contribution in [3.05, 3.63) is 39.8 Å². The summed E-state index contributed by atoms with van der Waals surface area (Å²) in [5, 5.41) is 3.10. The van der Waals surface area contributed by atoms with Gasteiger partial charge in [-0.15, -0.1) is 11.3 Å². The van der Waals surface area contributed by atoms with Gasteiger partial charge < -0.3 is 24.4 Å². The lowest BCUT2D eigenvalue weighted by molar-refractivity contribution is -0.115. The number of hydrogen-bond donors (Lipinski definition) is 1. The highest BCUT2D eigenvalue weighted by molar-refractivity contribution is 7.18. The Morgan fingerprint density at radius 3 is 2.25 bits per heavy atom. The molecule has 0 spiro atoms. The Balaban J connectivity index is 2.34. The van der Waals surface area contributed by atoms with Crippen LogP contribution in [-0.2, 0) is 16.0 Å². The normalized spacial score (nSPS) is 10.4. The van der Waals surface area contributed by atoms with Gasteiger partial charge in [-0.05, 0) is 51.0 Å². The highest BCUT2D eigenvalue weighted by Gasteiger charge is 2.28. The maximum absolute atomic E-state index is 12.9. The van der Waals surface area contributed by atoms with Crippen molar-refractivity contribution in [1.29, 1.82) is 0 Å². The van der Waals surface area contributed by atoms with E-state index in [1.165, 1.54) is 14.2 Å². The molecule has 0 atom stereocenters. The second-order valence-corrected chi connectivity index (χ2v) is 7.89. The van der Waals surface area contributed by atoms with Crippen molar-refractivity contribution in [3.63, 3.8) is 0 Å². The molecule has 0 radical (unpaired) electrons. The Morgan fingerprint density at radius 1 is 1.03 bits per heavy atom. The number of amides is 2. The second kappa shape index (κ2) is 11.5. The van der Waals surface area contributed by atoms with Crippen LogP contribution in [0.5, 0.6) is 11.5 Å². The molecule has 1 aromatic carbocycles. The largest absolute Gasteiger partial charge is 0.493 e. The van der Waals surface area contributed by atoms with Crippen LogP contribution < -0.4 is 14.8 Å². The summed E-state index contributed by atoms with van der Waals surface area (Å²) in [5.74, 6) is 0.00865. The maximum atomic E-state index is 12.9. The van der Waals surface area contributed by atoms with E-state index in [1.807, 2.05) is 13.8 Å². The van der Waals surface area contributed by atoms with Crippen molar-refractivity contribution in [3.8, 4) is 11.5 Å². The zero-order chi connectivity index (χ0) is 23.8. The summed E-state index contributed by atoms with van der Waals surface area (Å²) in [5.41, 5.74) is 1.44. The van der Waals surface area contributed by atoms with Crippen LogP contribution in [0.3, 0.4) is 0 Å². The number of rotatable bonds is 10. The first-order valence-electron chi connectivity index (χ1n) is 10.4. The average Bonchev–Trinajstić information content (AvgIpc) is 3.09. The molecule has 1 aromatic heterocycles. The van der Waals surface area contributed by atoms with Gasteiger partial charge in [0, 0.05) is 13.1 Å². The van der Waals surface area contributed by atoms with Crippen molar-refractivity contribution in [1.82, 2.24) is 4.90 Å². The van der Waals surface area contributed by atoms with Gasteiger partial charge in [0.2, 0.25) is 5.91 Å². The van der Waals surface area contributed by atoms with Crippen LogP contribution in [-0.4, -0.2) is 56.6 Å². The Morgan fingerprint density at radius 2 is 1.69 bits per heavy atom. The van der Waals surface area contributed by atoms with Crippen molar-refractivity contribution >= 4 is 34.1 Å². The molecule has 0 saturated carbocycles. The topological polar surface area (TPSA) is 94.2 Å². The Labute approximate surface area is 192 Å². The van der Waals surface area contributed by atoms with Gasteiger partial charge in [-0.3, -0.25) is 9.59 Å². The second-order valence-electron chi connectivity index (χ2n) is 6.87. The molecule has 0 unspecified atom stereocenters. The summed E-state index contributed by atoms with van der Waals surface area (Å²) >= 11 is 1.09. The van der Waals surface area contributed by atoms with E-state index in [9.17, 15) is 14.4 Å². The molecule has 0 fully saturated rings. The minimum Gasteiger partial charge on any atom is -0.493 e. The number of esters is 1. The van der Waals surface area contributed by atoms with Crippen molar-refractivity contribution < 1.29 is 28.6 Å². The van der Waals surface area contributed by atoms with E-state index in [2.05, 4.69) is 5.32 Å². The number of benzene rings is 1. The summed E-state index contributed by atoms with van der Waals surface area (Å²) in [4.78, 5) is 40.4. The molecule has 0 aliphatic heterocycles. The highest BCUT2D eigenvalue weighted by atomic mass is 32.1. The number of nitrogens with one attached hydrogen (secondary N) is 1. The SMILES string of the molecule is CCOC(=O)c1c(NC(=O)Cc2ccc(OC)c(OC)c2)sc(C(=O)N(CC)CC)c1C. The van der Waals surface area contributed by atoms with Gasteiger partial charge in [0.15, 0.2) is 11.5 Å². The van der Waals surface area contributed by atoms with Crippen molar-refractivity contribution in [2.75, 3.05) is 39.2 Å². The molecule has 1 N–H and O–H groups in total. The number of nitrogens with zero attached hydrogens (tertiary/aromatic N) is 1. The summed E-state index contributed by atoms with van der Waals surface area (Å²) < 4.78 is 15.7. The zero-order valence-electron chi connectivity index (χ0n) is 19.4. The van der Waals surface area contributed by atoms with Gasteiger partial charge in [0.1, 0.15) is 5.00 Å². The van der Waals surface area contributed by atoms with Crippen molar-refractivity contribution in [2.24, 2.45) is 0 Å². The van der Waals surface area contributed by atoms with E-state index in [4.69, 9.17) is 14.2 Å². The zero-order valence-corrected chi connectivity index (χ0v) is 20.2. The molecule has 32 heavy (non-hydrogen) atoms. The minimum absolute atomic E-state index is 0.0545. The number of anilines is 1. The van der Waals surface area contributed by atoms with Crippen LogP contribution in [0.25, 0.3) is 0 Å². The first-order valence-corrected chi connectivity index (χ1v) is 11.2. The van der Waals surface area contributed by atoms with Gasteiger partial charge >= 0.3 is 5.97 Å². The summed E-state index contributed by atoms with van der Waals surface area (Å²) in [6, 6.07) is 5.21. The van der Waals surface area contributed by atoms with Gasteiger partial charge in [-0.1, -0.05) is 6.07 Å². The summed E-state index contributed by atoms with van der Waals surface area (Å²) in [6.07, 6.45) is 0.0545. The quantitative estimate of drug-likeness (QED) is 0.538. The molecule has 9 heteroatoms. The minimum atomic E-state index is -0.568. The Hall–Kier alpha value is -3.07. The fourth-order valence-electron chi connectivity index (χ4n) is 3.26. The fraction of sp³-hybridized carbons (Fsp3) is 0.435. The van der Waals surface area contributed by atoms with Gasteiger partial charge in [-0.2, -0.15) is 0 Å². The van der Waals surface area contributed by atoms with E-state index in [0.717, 1.165) is 11.3 Å². The standard InChI is InChI=1S/C23H30N2O6S/c1-7-25(8-2)22(27)20-14(4)19(23(28)31-9-3)21(32-20)24-18(26)13-15-10-11-16(29-5)17(12-15)30-6/h10-12H,7-9,13H2,1-6H3,(H,24,26). The summed E-state index contributed by atoms with van der Waals surface area (Å²) in [6.45, 7) is 8.46. The van der Waals surface area contributed by atoms with Crippen molar-refractivity contribution in [2.45, 2.75) is 34.1 Å². The monoisotopic (exact) mass is 462 g/mol. The molecule has 2 amide bonds. The molecule has 0 aliphatic carbocycles. The molecule has 174 valence electrons. The number of methoxy groups -OCH3 is 2. The highest BCUT2D eigenvalue weighted by Crippen LogP contribution is 2.35. The lowest BCUT2D eigenvalue weighted by Crippen LogP contribution is -2.30. The van der Waals surface area contributed by atoms with Crippen LogP contribution in [0.1, 0.15) is 51.9 Å². The Bertz CT molecular complexity index is 981. The molecule has 0 aliphatic rings. The van der Waals surface area contributed by atoms with Crippen LogP contribution in [0.4, 0.5) is 5.00 Å². The van der Waals surface area contributed by atoms with Crippen LogP contribution >= 0.6 is 11.3 Å². The summed E-state index contributed by atoms with van der Waals surface area (Å²) in [7, 11) is 3.06. The molecule has 2 rings (SSSR count). The molecule has 0 saturated heterocycles. The third kappa shape index (κ3) is 5.59. The van der Waals surface area contributed by atoms with E-state index >= 15 is 0 Å². The van der Waals surface area contributed by atoms with Crippen LogP contribution in [0, 0.1) is 6.92 Å². The van der Waals surface area contributed by atoms with Crippen LogP contribution in [0.2, 0.25) is 0 Å². The molecule has 1 heterocycles. The van der Waals surface area contributed by atoms with Gasteiger partial charge in [0.25, 0.3) is 5.91 Å². The number of carbonyl (C=O) groups excluding carboxylic acids is 3. The average molecular weight is 463 g/mol. The molecule has 8 nitrogen and oxygen atoms in total. The molecular weight excluding hydrogens is 432 g/mol. The number of ether oxygens (including phenoxy) is 3. The third-order valence-corrected chi connectivity index (χ3v) is 6.13. The lowest BCUT2D eigenvalue weighted by atomic mass is 10.1. The third-order valence-electron chi connectivity index (χ3n) is 4.94. The smallest absolute Gasteiger partial charge is 0.341 e. The lowest BCUT2D eigenvalue weighted by Gasteiger charge is -2.18. The van der Waals surface area contributed by atoms with Crippen LogP contribution in [0.15, 0.2) is 18.2 Å². The number of thiophene rings is 1. The van der Waals surface area contributed by atoms with Gasteiger partial charge in [-0.25, -0.2) is 4.79 Å². The number of hydrogen-bond acceptors (Lipinski definition) is 7.